The number of benzene rings is 2. The van der Waals surface area contributed by atoms with E-state index in [2.05, 4.69) is 92.9 Å². The number of rotatable bonds is 8. The lowest BCUT2D eigenvalue weighted by Crippen LogP contribution is -2.41. The zero-order chi connectivity index (χ0) is 19.3. The van der Waals surface area contributed by atoms with E-state index < -0.39 is 0 Å². The average Bonchev–Trinajstić information content (AvgIpc) is 2.73. The lowest BCUT2D eigenvalue weighted by molar-refractivity contribution is 0.421. The zero-order valence-electron chi connectivity index (χ0n) is 17.2. The van der Waals surface area contributed by atoms with Gasteiger partial charge < -0.3 is 4.90 Å². The highest BCUT2D eigenvalue weighted by atomic mass is 15.1. The highest BCUT2D eigenvalue weighted by molar-refractivity contribution is 5.70. The number of hydrogen-bond acceptors (Lipinski definition) is 1. The van der Waals surface area contributed by atoms with E-state index in [0.29, 0.717) is 0 Å². The number of unbranched alkanes of at least 4 members (excludes halogenated alkanes) is 2. The van der Waals surface area contributed by atoms with Crippen molar-refractivity contribution in [2.75, 3.05) is 13.1 Å². The van der Waals surface area contributed by atoms with Crippen molar-refractivity contribution in [2.24, 2.45) is 0 Å². The predicted octanol–water partition coefficient (Wildman–Crippen LogP) is 4.98. The molecule has 142 valence electrons. The Kier molecular flexibility index (Phi) is 6.21. The summed E-state index contributed by atoms with van der Waals surface area (Å²) in [4.78, 5) is 2.58. The fraction of sp³-hybridized carbons (Fsp3) is 0.385. The summed E-state index contributed by atoms with van der Waals surface area (Å²) >= 11 is 0. The zero-order valence-corrected chi connectivity index (χ0v) is 17.2. The summed E-state index contributed by atoms with van der Waals surface area (Å²) in [5.74, 6) is 0. The van der Waals surface area contributed by atoms with Gasteiger partial charge in [-0.1, -0.05) is 94.3 Å². The van der Waals surface area contributed by atoms with E-state index in [1.165, 1.54) is 46.5 Å². The van der Waals surface area contributed by atoms with Gasteiger partial charge in [0.05, 0.1) is 5.70 Å². The maximum Gasteiger partial charge on any atom is 0.0525 e. The van der Waals surface area contributed by atoms with Crippen LogP contribution in [0.4, 0.5) is 0 Å². The van der Waals surface area contributed by atoms with Gasteiger partial charge in [0.25, 0.3) is 0 Å². The van der Waals surface area contributed by atoms with Crippen molar-refractivity contribution in [3.63, 3.8) is 0 Å². The molecule has 0 N–H and O–H groups in total. The van der Waals surface area contributed by atoms with Crippen LogP contribution in [0.5, 0.6) is 0 Å². The molecule has 27 heavy (non-hydrogen) atoms. The first kappa shape index (κ1) is 19.5. The van der Waals surface area contributed by atoms with Gasteiger partial charge in [0.1, 0.15) is 0 Å². The van der Waals surface area contributed by atoms with Crippen LogP contribution in [0.2, 0.25) is 0 Å². The summed E-state index contributed by atoms with van der Waals surface area (Å²) in [5.41, 5.74) is 4.12. The minimum atomic E-state index is -0.0191. The summed E-state index contributed by atoms with van der Waals surface area (Å²) < 4.78 is 0. The second-order valence-electron chi connectivity index (χ2n) is 7.81. The molecule has 0 bridgehead atoms. The van der Waals surface area contributed by atoms with Crippen LogP contribution in [-0.2, 0) is 5.41 Å². The molecule has 1 nitrogen and oxygen atoms in total. The van der Waals surface area contributed by atoms with Crippen LogP contribution in [0.3, 0.4) is 0 Å². The Bertz CT molecular complexity index is 908. The molecule has 3 rings (SSSR count). The molecule has 1 atom stereocenters. The molecule has 0 aliphatic carbocycles. The van der Waals surface area contributed by atoms with Crippen molar-refractivity contribution < 1.29 is 0 Å². The van der Waals surface area contributed by atoms with Crippen LogP contribution in [-0.4, -0.2) is 18.0 Å². The molecule has 1 heteroatoms. The molecule has 0 spiro atoms. The highest BCUT2D eigenvalue weighted by Gasteiger charge is 2.27. The van der Waals surface area contributed by atoms with Gasteiger partial charge in [-0.3, -0.25) is 0 Å². The maximum atomic E-state index is 4.16. The number of hydrogen-bond donors (Lipinski definition) is 0. The molecule has 0 fully saturated rings. The quantitative estimate of drug-likeness (QED) is 0.474. The molecular formula is C26H33N. The lowest BCUT2D eigenvalue weighted by Gasteiger charge is -2.34. The van der Waals surface area contributed by atoms with Crippen molar-refractivity contribution in [3.05, 3.63) is 82.8 Å². The normalized spacial score (nSPS) is 15.7. The summed E-state index contributed by atoms with van der Waals surface area (Å²) in [6, 6.07) is 17.8. The van der Waals surface area contributed by atoms with E-state index in [1.807, 2.05) is 0 Å². The van der Waals surface area contributed by atoms with E-state index in [1.54, 1.807) is 0 Å². The molecule has 1 heterocycles. The van der Waals surface area contributed by atoms with Gasteiger partial charge in [-0.05, 0) is 23.6 Å². The van der Waals surface area contributed by atoms with Crippen LogP contribution in [0, 0.1) is 0 Å². The van der Waals surface area contributed by atoms with Gasteiger partial charge in [0.2, 0.25) is 0 Å². The van der Waals surface area contributed by atoms with Gasteiger partial charge in [-0.25, -0.2) is 0 Å². The molecule has 1 aliphatic heterocycles. The van der Waals surface area contributed by atoms with Crippen LogP contribution in [0.25, 0.3) is 11.8 Å². The summed E-state index contributed by atoms with van der Waals surface area (Å²) in [5, 5.41) is 2.71. The molecule has 0 amide bonds. The maximum absolute atomic E-state index is 4.16. The van der Waals surface area contributed by atoms with Crippen molar-refractivity contribution in [1.82, 2.24) is 4.90 Å². The van der Waals surface area contributed by atoms with E-state index in [9.17, 15) is 0 Å². The minimum Gasteiger partial charge on any atom is -0.367 e. The van der Waals surface area contributed by atoms with Crippen LogP contribution in [0.1, 0.15) is 57.6 Å². The Morgan fingerprint density at radius 2 is 1.78 bits per heavy atom. The third-order valence-electron chi connectivity index (χ3n) is 6.08. The van der Waals surface area contributed by atoms with Crippen LogP contribution < -0.4 is 10.4 Å². The Morgan fingerprint density at radius 3 is 2.52 bits per heavy atom. The smallest absolute Gasteiger partial charge is 0.0525 e. The topological polar surface area (TPSA) is 3.24 Å². The molecule has 0 aromatic heterocycles. The van der Waals surface area contributed by atoms with Crippen LogP contribution >= 0.6 is 0 Å². The molecule has 0 saturated heterocycles. The Labute approximate surface area is 164 Å². The lowest BCUT2D eigenvalue weighted by atomic mass is 9.77. The Morgan fingerprint density at radius 1 is 1.04 bits per heavy atom. The summed E-state index contributed by atoms with van der Waals surface area (Å²) in [6.45, 7) is 13.1. The first-order chi connectivity index (χ1) is 13.1. The largest absolute Gasteiger partial charge is 0.367 e. The molecular weight excluding hydrogens is 326 g/mol. The fourth-order valence-corrected chi connectivity index (χ4v) is 4.06. The first-order valence-electron chi connectivity index (χ1n) is 10.4. The van der Waals surface area contributed by atoms with Gasteiger partial charge in [-0.2, -0.15) is 0 Å². The van der Waals surface area contributed by atoms with Crippen molar-refractivity contribution in [1.29, 1.82) is 0 Å². The van der Waals surface area contributed by atoms with Crippen molar-refractivity contribution in [3.8, 4) is 0 Å². The van der Waals surface area contributed by atoms with Crippen LogP contribution in [0.15, 0.2) is 61.2 Å². The third kappa shape index (κ3) is 3.88. The first-order valence-corrected chi connectivity index (χ1v) is 10.4. The second kappa shape index (κ2) is 8.61. The Balaban J connectivity index is 2.23. The number of fused-ring (bicyclic) bond motifs is 1. The SMILES string of the molecule is C=CC(C)(CC)c1ccccc1C1=c2ccccc2=CCN1CCCCC. The monoisotopic (exact) mass is 359 g/mol. The molecule has 0 radical (unpaired) electrons. The van der Waals surface area contributed by atoms with Gasteiger partial charge >= 0.3 is 0 Å². The van der Waals surface area contributed by atoms with Crippen molar-refractivity contribution in [2.45, 2.75) is 51.9 Å². The second-order valence-corrected chi connectivity index (χ2v) is 7.81. The molecule has 1 aliphatic rings. The average molecular weight is 360 g/mol. The van der Waals surface area contributed by atoms with Gasteiger partial charge in [0, 0.05) is 29.3 Å². The number of allylic oxidation sites excluding steroid dienone is 1. The summed E-state index contributed by atoms with van der Waals surface area (Å²) in [7, 11) is 0. The highest BCUT2D eigenvalue weighted by Crippen LogP contribution is 2.35. The standard InChI is InChI=1S/C26H33N/c1-5-8-13-19-27-20-18-21-14-9-10-15-22(21)25(27)23-16-11-12-17-24(23)26(4,6-2)7-3/h6,9-12,14-18H,2,5,7-8,13,19-20H2,1,3-4H3. The molecule has 2 aromatic carbocycles. The molecule has 1 unspecified atom stereocenters. The van der Waals surface area contributed by atoms with E-state index in [0.717, 1.165) is 19.5 Å². The third-order valence-corrected chi connectivity index (χ3v) is 6.08. The van der Waals surface area contributed by atoms with Gasteiger partial charge in [0.15, 0.2) is 0 Å². The minimum absolute atomic E-state index is 0.0191. The van der Waals surface area contributed by atoms with Crippen molar-refractivity contribution >= 4 is 11.8 Å². The fourth-order valence-electron chi connectivity index (χ4n) is 4.06. The molecule has 2 aromatic rings. The van der Waals surface area contributed by atoms with Gasteiger partial charge in [-0.15, -0.1) is 6.58 Å². The Hall–Kier alpha value is -2.28. The van der Waals surface area contributed by atoms with E-state index in [4.69, 9.17) is 0 Å². The summed E-state index contributed by atoms with van der Waals surface area (Å²) in [6.07, 6.45) is 9.32. The van der Waals surface area contributed by atoms with E-state index >= 15 is 0 Å². The predicted molar refractivity (Wildman–Crippen MR) is 118 cm³/mol. The van der Waals surface area contributed by atoms with E-state index in [-0.39, 0.29) is 5.41 Å². The molecule has 0 saturated carbocycles. The number of nitrogens with zero attached hydrogens (tertiary/aromatic N) is 1.